The van der Waals surface area contributed by atoms with Gasteiger partial charge in [-0.25, -0.2) is 9.36 Å². The van der Waals surface area contributed by atoms with Crippen LogP contribution in [0.25, 0.3) is 0 Å². The van der Waals surface area contributed by atoms with Gasteiger partial charge in [0.2, 0.25) is 5.91 Å². The normalized spacial score (nSPS) is 14.1. The maximum atomic E-state index is 12.2. The molecule has 0 aromatic carbocycles. The largest absolute Gasteiger partial charge is 0.480 e. The molecule has 3 atom stereocenters. The Kier molecular flexibility index (Phi) is 36.0. The molecule has 11 nitrogen and oxygen atoms in total. The number of nitrogens with one attached hydrogen (secondary N) is 1. The molecule has 54 heavy (non-hydrogen) atoms. The molecule has 314 valence electrons. The van der Waals surface area contributed by atoms with Gasteiger partial charge < -0.3 is 25.2 Å². The summed E-state index contributed by atoms with van der Waals surface area (Å²) in [6, 6.07) is -1.54. The molecule has 0 aliphatic rings. The van der Waals surface area contributed by atoms with E-state index in [1.807, 2.05) is 0 Å². The van der Waals surface area contributed by atoms with Crippen LogP contribution >= 0.6 is 7.82 Å². The van der Waals surface area contributed by atoms with Gasteiger partial charge in [-0.05, 0) is 51.4 Å². The lowest BCUT2D eigenvalue weighted by Crippen LogP contribution is -2.43. The molecule has 0 aromatic rings. The standard InChI is InChI=1S/C42H76NO10P/c1-3-5-7-9-11-13-14-15-16-17-18-19-20-21-22-23-24-26-28-30-32-34-41(46)51-35-38(44)36-52-54(49,50)53-37-39(42(47)48)43-40(45)33-31-29-27-25-12-10-8-6-4-2/h11,13,15-16,18-19,38-39,44H,3-10,12,14,17,20-37H2,1-2H3,(H,43,45)(H,47,48)(H,49,50)/b13-11-,16-15-,19-18-. The summed E-state index contributed by atoms with van der Waals surface area (Å²) in [6.07, 6.45) is 39.0. The molecular formula is C42H76NO10P. The zero-order valence-corrected chi connectivity index (χ0v) is 34.7. The highest BCUT2D eigenvalue weighted by molar-refractivity contribution is 7.47. The van der Waals surface area contributed by atoms with E-state index >= 15 is 0 Å². The van der Waals surface area contributed by atoms with Crippen molar-refractivity contribution in [1.82, 2.24) is 5.32 Å². The van der Waals surface area contributed by atoms with E-state index in [1.165, 1.54) is 83.5 Å². The van der Waals surface area contributed by atoms with E-state index in [1.54, 1.807) is 0 Å². The number of aliphatic carboxylic acids is 1. The molecule has 0 fully saturated rings. The van der Waals surface area contributed by atoms with Crippen LogP contribution in [0.2, 0.25) is 0 Å². The molecule has 1 amide bonds. The third-order valence-corrected chi connectivity index (χ3v) is 9.88. The summed E-state index contributed by atoms with van der Waals surface area (Å²) < 4.78 is 26.7. The van der Waals surface area contributed by atoms with E-state index in [0.717, 1.165) is 57.8 Å². The van der Waals surface area contributed by atoms with Gasteiger partial charge in [-0.1, -0.05) is 153 Å². The summed E-state index contributed by atoms with van der Waals surface area (Å²) >= 11 is 0. The van der Waals surface area contributed by atoms with Crippen LogP contribution in [0.15, 0.2) is 36.5 Å². The Balaban J connectivity index is 3.86. The third kappa shape index (κ3) is 36.7. The summed E-state index contributed by atoms with van der Waals surface area (Å²) in [5.41, 5.74) is 0. The summed E-state index contributed by atoms with van der Waals surface area (Å²) in [6.45, 7) is 2.51. The number of allylic oxidation sites excluding steroid dienone is 6. The molecule has 0 saturated heterocycles. The number of amides is 1. The summed E-state index contributed by atoms with van der Waals surface area (Å²) in [5, 5.41) is 21.7. The molecule has 0 aromatic heterocycles. The topological polar surface area (TPSA) is 169 Å². The molecule has 12 heteroatoms. The van der Waals surface area contributed by atoms with Crippen LogP contribution in [0, 0.1) is 0 Å². The van der Waals surface area contributed by atoms with Crippen LogP contribution in [-0.4, -0.2) is 64.9 Å². The van der Waals surface area contributed by atoms with Crippen molar-refractivity contribution in [2.24, 2.45) is 0 Å². The van der Waals surface area contributed by atoms with Gasteiger partial charge in [0.05, 0.1) is 13.2 Å². The first-order valence-electron chi connectivity index (χ1n) is 21.0. The lowest BCUT2D eigenvalue weighted by Gasteiger charge is -2.18. The second-order valence-electron chi connectivity index (χ2n) is 14.2. The number of carboxylic acid groups (broad SMARTS) is 1. The molecule has 0 rings (SSSR count). The second kappa shape index (κ2) is 37.6. The first kappa shape index (κ1) is 51.7. The lowest BCUT2D eigenvalue weighted by molar-refractivity contribution is -0.147. The first-order valence-corrected chi connectivity index (χ1v) is 22.5. The highest BCUT2D eigenvalue weighted by Crippen LogP contribution is 2.43. The zero-order valence-electron chi connectivity index (χ0n) is 33.8. The summed E-state index contributed by atoms with van der Waals surface area (Å²) in [5.74, 6) is -2.38. The number of unbranched alkanes of at least 4 members (excludes halogenated alkanes) is 19. The minimum Gasteiger partial charge on any atom is -0.480 e. The number of carbonyl (C=O) groups is 3. The number of hydrogen-bond donors (Lipinski definition) is 4. The number of esters is 1. The van der Waals surface area contributed by atoms with Crippen molar-refractivity contribution in [1.29, 1.82) is 0 Å². The van der Waals surface area contributed by atoms with Gasteiger partial charge in [-0.3, -0.25) is 18.6 Å². The number of aliphatic hydroxyl groups excluding tert-OH is 1. The number of aliphatic hydroxyl groups is 1. The average Bonchev–Trinajstić information content (AvgIpc) is 3.14. The quantitative estimate of drug-likeness (QED) is 0.0204. The van der Waals surface area contributed by atoms with Crippen molar-refractivity contribution in [3.8, 4) is 0 Å². The third-order valence-electron chi connectivity index (χ3n) is 8.93. The van der Waals surface area contributed by atoms with Gasteiger partial charge >= 0.3 is 19.8 Å². The van der Waals surface area contributed by atoms with Gasteiger partial charge in [0.1, 0.15) is 12.7 Å². The molecule has 0 spiro atoms. The van der Waals surface area contributed by atoms with E-state index in [0.29, 0.717) is 12.8 Å². The van der Waals surface area contributed by atoms with E-state index < -0.39 is 57.6 Å². The molecule has 0 aliphatic heterocycles. The minimum atomic E-state index is -4.75. The van der Waals surface area contributed by atoms with Crippen molar-refractivity contribution in [3.63, 3.8) is 0 Å². The number of hydrogen-bond acceptors (Lipinski definition) is 8. The number of ether oxygens (including phenoxy) is 1. The van der Waals surface area contributed by atoms with Gasteiger partial charge in [-0.2, -0.15) is 0 Å². The van der Waals surface area contributed by atoms with Crippen molar-refractivity contribution in [2.45, 2.75) is 193 Å². The SMILES string of the molecule is CCCCC/C=C\C/C=C\C/C=C\CCCCCCCCCCC(=O)OCC(O)COP(=O)(O)OCC(NC(=O)CCCCCCCCCCC)C(=O)O. The predicted molar refractivity (Wildman–Crippen MR) is 217 cm³/mol. The fourth-order valence-electron chi connectivity index (χ4n) is 5.62. The molecule has 0 heterocycles. The van der Waals surface area contributed by atoms with Crippen molar-refractivity contribution < 1.29 is 47.8 Å². The van der Waals surface area contributed by atoms with Crippen LogP contribution in [0.5, 0.6) is 0 Å². The monoisotopic (exact) mass is 786 g/mol. The molecule has 4 N–H and O–H groups in total. The fraction of sp³-hybridized carbons (Fsp3) is 0.786. The van der Waals surface area contributed by atoms with Crippen LogP contribution in [-0.2, 0) is 32.7 Å². The van der Waals surface area contributed by atoms with Crippen molar-refractivity contribution in [3.05, 3.63) is 36.5 Å². The Hall–Kier alpha value is -2.30. The summed E-state index contributed by atoms with van der Waals surface area (Å²) in [7, 11) is -4.75. The van der Waals surface area contributed by atoms with Crippen molar-refractivity contribution in [2.75, 3.05) is 19.8 Å². The minimum absolute atomic E-state index is 0.146. The lowest BCUT2D eigenvalue weighted by atomic mass is 10.1. The van der Waals surface area contributed by atoms with Crippen molar-refractivity contribution >= 4 is 25.7 Å². The maximum Gasteiger partial charge on any atom is 0.472 e. The Labute approximate surface area is 327 Å². The Morgan fingerprint density at radius 2 is 1.02 bits per heavy atom. The molecule has 3 unspecified atom stereocenters. The maximum absolute atomic E-state index is 12.2. The van der Waals surface area contributed by atoms with Crippen LogP contribution in [0.4, 0.5) is 0 Å². The Bertz CT molecular complexity index is 1060. The molecule has 0 bridgehead atoms. The summed E-state index contributed by atoms with van der Waals surface area (Å²) in [4.78, 5) is 45.7. The number of rotatable bonds is 39. The zero-order chi connectivity index (χ0) is 40.0. The molecular weight excluding hydrogens is 709 g/mol. The number of carboxylic acids is 1. The van der Waals surface area contributed by atoms with Gasteiger partial charge in [0.25, 0.3) is 0 Å². The van der Waals surface area contributed by atoms with E-state index in [2.05, 4.69) is 55.6 Å². The van der Waals surface area contributed by atoms with E-state index in [9.17, 15) is 34.1 Å². The van der Waals surface area contributed by atoms with Crippen LogP contribution in [0.3, 0.4) is 0 Å². The highest BCUT2D eigenvalue weighted by Gasteiger charge is 2.28. The van der Waals surface area contributed by atoms with E-state index in [-0.39, 0.29) is 12.8 Å². The molecule has 0 saturated carbocycles. The van der Waals surface area contributed by atoms with Gasteiger partial charge in [-0.15, -0.1) is 0 Å². The average molecular weight is 786 g/mol. The fourth-order valence-corrected chi connectivity index (χ4v) is 6.39. The number of carbonyl (C=O) groups excluding carboxylic acids is 2. The first-order chi connectivity index (χ1) is 26.1. The number of phosphoric acid groups is 1. The highest BCUT2D eigenvalue weighted by atomic mass is 31.2. The number of phosphoric ester groups is 1. The molecule has 0 aliphatic carbocycles. The second-order valence-corrected chi connectivity index (χ2v) is 15.6. The Morgan fingerprint density at radius 3 is 1.56 bits per heavy atom. The van der Waals surface area contributed by atoms with E-state index in [4.69, 9.17) is 13.8 Å². The Morgan fingerprint density at radius 1 is 0.593 bits per heavy atom. The molecule has 0 radical (unpaired) electrons. The van der Waals surface area contributed by atoms with Crippen LogP contribution in [0.1, 0.15) is 181 Å². The smallest absolute Gasteiger partial charge is 0.472 e. The van der Waals surface area contributed by atoms with Gasteiger partial charge in [0, 0.05) is 12.8 Å². The van der Waals surface area contributed by atoms with Gasteiger partial charge in [0.15, 0.2) is 6.04 Å². The van der Waals surface area contributed by atoms with Crippen LogP contribution < -0.4 is 5.32 Å². The predicted octanol–water partition coefficient (Wildman–Crippen LogP) is 10.4.